The van der Waals surface area contributed by atoms with E-state index in [1.54, 1.807) is 22.8 Å². The molecule has 0 aliphatic carbocycles. The fraction of sp³-hybridized carbons (Fsp3) is 0.379. The SMILES string of the molecule is CCOC(=O)N1CCN(C(=O)c2ccc(CN(Cc3ccccc3)Cc3ccc(OCC)cc3)o2)CC1. The summed E-state index contributed by atoms with van der Waals surface area (Å²) in [5.41, 5.74) is 2.37. The first-order chi connectivity index (χ1) is 18.1. The van der Waals surface area contributed by atoms with Crippen LogP contribution in [0.4, 0.5) is 4.79 Å². The molecule has 2 amide bonds. The molecular formula is C29H35N3O5. The first kappa shape index (κ1) is 26.3. The number of benzene rings is 2. The molecule has 2 aromatic carbocycles. The number of hydrogen-bond donors (Lipinski definition) is 0. The van der Waals surface area contributed by atoms with Crippen molar-refractivity contribution in [3.05, 3.63) is 89.4 Å². The molecule has 0 saturated carbocycles. The summed E-state index contributed by atoms with van der Waals surface area (Å²) in [6.07, 6.45) is -0.332. The van der Waals surface area contributed by atoms with Gasteiger partial charge in [-0.15, -0.1) is 0 Å². The highest BCUT2D eigenvalue weighted by atomic mass is 16.6. The zero-order valence-electron chi connectivity index (χ0n) is 21.6. The van der Waals surface area contributed by atoms with Gasteiger partial charge in [0.25, 0.3) is 5.91 Å². The van der Waals surface area contributed by atoms with Crippen molar-refractivity contribution in [1.82, 2.24) is 14.7 Å². The molecule has 3 aromatic rings. The van der Waals surface area contributed by atoms with Crippen LogP contribution in [-0.4, -0.2) is 66.1 Å². The number of amides is 2. The van der Waals surface area contributed by atoms with E-state index in [1.165, 1.54) is 11.1 Å². The van der Waals surface area contributed by atoms with Gasteiger partial charge in [-0.25, -0.2) is 4.79 Å². The Bertz CT molecular complexity index is 1140. The maximum absolute atomic E-state index is 13.0. The molecule has 1 saturated heterocycles. The van der Waals surface area contributed by atoms with Gasteiger partial charge < -0.3 is 23.7 Å². The quantitative estimate of drug-likeness (QED) is 0.394. The molecule has 1 fully saturated rings. The number of carbonyl (C=O) groups excluding carboxylic acids is 2. The predicted molar refractivity (Wildman–Crippen MR) is 140 cm³/mol. The molecule has 8 nitrogen and oxygen atoms in total. The van der Waals surface area contributed by atoms with Crippen LogP contribution in [0.25, 0.3) is 0 Å². The summed E-state index contributed by atoms with van der Waals surface area (Å²) in [7, 11) is 0. The minimum atomic E-state index is -0.332. The molecule has 1 aliphatic rings. The van der Waals surface area contributed by atoms with Crippen molar-refractivity contribution in [2.45, 2.75) is 33.5 Å². The third kappa shape index (κ3) is 7.36. The molecule has 0 N–H and O–H groups in total. The molecule has 0 unspecified atom stereocenters. The average molecular weight is 506 g/mol. The van der Waals surface area contributed by atoms with Crippen LogP contribution in [0.1, 0.15) is 41.3 Å². The Morgan fingerprint density at radius 1 is 0.784 bits per heavy atom. The Morgan fingerprint density at radius 2 is 1.43 bits per heavy atom. The Morgan fingerprint density at radius 3 is 2.08 bits per heavy atom. The molecular weight excluding hydrogens is 470 g/mol. The molecule has 37 heavy (non-hydrogen) atoms. The summed E-state index contributed by atoms with van der Waals surface area (Å²) < 4.78 is 16.6. The van der Waals surface area contributed by atoms with Gasteiger partial charge in [0.15, 0.2) is 5.76 Å². The number of hydrogen-bond acceptors (Lipinski definition) is 6. The van der Waals surface area contributed by atoms with Crippen molar-refractivity contribution in [3.8, 4) is 5.75 Å². The number of ether oxygens (including phenoxy) is 2. The molecule has 8 heteroatoms. The zero-order chi connectivity index (χ0) is 26.0. The average Bonchev–Trinajstić information content (AvgIpc) is 3.39. The summed E-state index contributed by atoms with van der Waals surface area (Å²) >= 11 is 0. The maximum Gasteiger partial charge on any atom is 0.409 e. The van der Waals surface area contributed by atoms with Gasteiger partial charge in [0.05, 0.1) is 19.8 Å². The first-order valence-corrected chi connectivity index (χ1v) is 12.8. The lowest BCUT2D eigenvalue weighted by atomic mass is 10.1. The topological polar surface area (TPSA) is 75.5 Å². The molecule has 0 radical (unpaired) electrons. The number of nitrogens with zero attached hydrogens (tertiary/aromatic N) is 3. The predicted octanol–water partition coefficient (Wildman–Crippen LogP) is 4.80. The number of rotatable bonds is 10. The Labute approximate surface area is 218 Å². The largest absolute Gasteiger partial charge is 0.494 e. The van der Waals surface area contributed by atoms with Crippen LogP contribution < -0.4 is 4.74 Å². The van der Waals surface area contributed by atoms with Crippen LogP contribution in [0.2, 0.25) is 0 Å². The number of carbonyl (C=O) groups is 2. The third-order valence-corrected chi connectivity index (χ3v) is 6.23. The summed E-state index contributed by atoms with van der Waals surface area (Å²) in [5, 5.41) is 0. The van der Waals surface area contributed by atoms with E-state index < -0.39 is 0 Å². The van der Waals surface area contributed by atoms with E-state index >= 15 is 0 Å². The van der Waals surface area contributed by atoms with Gasteiger partial charge in [0, 0.05) is 39.3 Å². The maximum atomic E-state index is 13.0. The zero-order valence-corrected chi connectivity index (χ0v) is 21.6. The smallest absolute Gasteiger partial charge is 0.409 e. The summed E-state index contributed by atoms with van der Waals surface area (Å²) in [5.74, 6) is 1.75. The lowest BCUT2D eigenvalue weighted by Crippen LogP contribution is -2.50. The first-order valence-electron chi connectivity index (χ1n) is 12.8. The van der Waals surface area contributed by atoms with Crippen LogP contribution in [0.3, 0.4) is 0 Å². The van der Waals surface area contributed by atoms with Gasteiger partial charge in [-0.1, -0.05) is 42.5 Å². The van der Waals surface area contributed by atoms with Crippen molar-refractivity contribution in [1.29, 1.82) is 0 Å². The summed E-state index contributed by atoms with van der Waals surface area (Å²) in [4.78, 5) is 30.6. The van der Waals surface area contributed by atoms with Gasteiger partial charge in [0.1, 0.15) is 11.5 Å². The van der Waals surface area contributed by atoms with Crippen molar-refractivity contribution in [3.63, 3.8) is 0 Å². The normalized spacial score (nSPS) is 13.6. The van der Waals surface area contributed by atoms with E-state index in [0.29, 0.717) is 51.7 Å². The van der Waals surface area contributed by atoms with E-state index in [2.05, 4.69) is 29.2 Å². The Kier molecular flexibility index (Phi) is 9.21. The van der Waals surface area contributed by atoms with E-state index in [9.17, 15) is 9.59 Å². The monoisotopic (exact) mass is 505 g/mol. The minimum Gasteiger partial charge on any atom is -0.494 e. The van der Waals surface area contributed by atoms with Crippen LogP contribution in [-0.2, 0) is 24.4 Å². The highest BCUT2D eigenvalue weighted by Crippen LogP contribution is 2.20. The molecule has 196 valence electrons. The minimum absolute atomic E-state index is 0.157. The standard InChI is InChI=1S/C29H35N3O5/c1-3-35-25-12-10-24(11-13-25)21-30(20-23-8-6-5-7-9-23)22-26-14-15-27(37-26)28(33)31-16-18-32(19-17-31)29(34)36-4-2/h5-15H,3-4,16-22H2,1-2H3. The summed E-state index contributed by atoms with van der Waals surface area (Å²) in [6, 6.07) is 22.1. The van der Waals surface area contributed by atoms with Gasteiger partial charge in [-0.2, -0.15) is 0 Å². The second-order valence-electron chi connectivity index (χ2n) is 8.95. The van der Waals surface area contributed by atoms with Gasteiger partial charge in [-0.05, 0) is 49.2 Å². The Hall–Kier alpha value is -3.78. The van der Waals surface area contributed by atoms with Crippen molar-refractivity contribution in [2.75, 3.05) is 39.4 Å². The van der Waals surface area contributed by atoms with Crippen molar-refractivity contribution < 1.29 is 23.5 Å². The summed E-state index contributed by atoms with van der Waals surface area (Å²) in [6.45, 7) is 8.56. The fourth-order valence-corrected chi connectivity index (χ4v) is 4.39. The lowest BCUT2D eigenvalue weighted by Gasteiger charge is -2.33. The van der Waals surface area contributed by atoms with Crippen LogP contribution in [0.15, 0.2) is 71.1 Å². The van der Waals surface area contributed by atoms with E-state index in [0.717, 1.165) is 24.6 Å². The molecule has 1 aromatic heterocycles. The number of piperazine rings is 1. The highest BCUT2D eigenvalue weighted by Gasteiger charge is 2.27. The molecule has 2 heterocycles. The van der Waals surface area contributed by atoms with Crippen molar-refractivity contribution >= 4 is 12.0 Å². The Balaban J connectivity index is 1.40. The molecule has 0 atom stereocenters. The van der Waals surface area contributed by atoms with Crippen LogP contribution >= 0.6 is 0 Å². The number of furan rings is 1. The second kappa shape index (κ2) is 13.0. The van der Waals surface area contributed by atoms with E-state index in [-0.39, 0.29) is 12.0 Å². The third-order valence-electron chi connectivity index (χ3n) is 6.23. The van der Waals surface area contributed by atoms with Crippen LogP contribution in [0, 0.1) is 0 Å². The molecule has 0 spiro atoms. The molecule has 0 bridgehead atoms. The molecule has 1 aliphatic heterocycles. The fourth-order valence-electron chi connectivity index (χ4n) is 4.39. The van der Waals surface area contributed by atoms with Crippen molar-refractivity contribution in [2.24, 2.45) is 0 Å². The van der Waals surface area contributed by atoms with Gasteiger partial charge in [-0.3, -0.25) is 9.69 Å². The lowest BCUT2D eigenvalue weighted by molar-refractivity contribution is 0.0543. The van der Waals surface area contributed by atoms with Gasteiger partial charge >= 0.3 is 6.09 Å². The van der Waals surface area contributed by atoms with Gasteiger partial charge in [0.2, 0.25) is 0 Å². The van der Waals surface area contributed by atoms with E-state index in [4.69, 9.17) is 13.9 Å². The van der Waals surface area contributed by atoms with E-state index in [1.807, 2.05) is 43.3 Å². The van der Waals surface area contributed by atoms with Crippen LogP contribution in [0.5, 0.6) is 5.75 Å². The molecule has 4 rings (SSSR count). The second-order valence-corrected chi connectivity index (χ2v) is 8.95. The highest BCUT2D eigenvalue weighted by molar-refractivity contribution is 5.91.